The summed E-state index contributed by atoms with van der Waals surface area (Å²) in [6.45, 7) is 4.38. The van der Waals surface area contributed by atoms with E-state index in [4.69, 9.17) is 16.3 Å². The first-order valence-corrected chi connectivity index (χ1v) is 9.68. The van der Waals surface area contributed by atoms with Crippen molar-refractivity contribution in [3.8, 4) is 11.4 Å². The van der Waals surface area contributed by atoms with E-state index in [-0.39, 0.29) is 5.91 Å². The normalized spacial score (nSPS) is 14.2. The lowest BCUT2D eigenvalue weighted by Crippen LogP contribution is -2.49. The molecule has 0 atom stereocenters. The molecule has 3 aromatic rings. The molecule has 0 aliphatic carbocycles. The van der Waals surface area contributed by atoms with E-state index in [2.05, 4.69) is 20.2 Å². The maximum absolute atomic E-state index is 13.0. The van der Waals surface area contributed by atoms with Crippen LogP contribution in [0.1, 0.15) is 16.2 Å². The second-order valence-corrected chi connectivity index (χ2v) is 7.12. The molecule has 0 bridgehead atoms. The molecule has 0 N–H and O–H groups in total. The second-order valence-electron chi connectivity index (χ2n) is 6.73. The zero-order chi connectivity index (χ0) is 20.4. The third-order valence-electron chi connectivity index (χ3n) is 4.99. The van der Waals surface area contributed by atoms with E-state index in [0.717, 1.165) is 17.3 Å². The average Bonchev–Trinajstić information content (AvgIpc) is 3.14. The minimum absolute atomic E-state index is 0.115. The SMILES string of the molecule is COc1cccc(-n2nnc(C(=O)N3CCN(c4cccc(Cl)n4)CC3)c2C)c1. The first kappa shape index (κ1) is 19.2. The number of pyridine rings is 1. The molecule has 1 aliphatic heterocycles. The summed E-state index contributed by atoms with van der Waals surface area (Å²) in [6.07, 6.45) is 0. The molecular weight excluding hydrogens is 392 g/mol. The number of halogens is 1. The molecule has 0 radical (unpaired) electrons. The number of nitrogens with zero attached hydrogens (tertiary/aromatic N) is 6. The van der Waals surface area contributed by atoms with Gasteiger partial charge in [0.15, 0.2) is 5.69 Å². The second kappa shape index (κ2) is 8.08. The van der Waals surface area contributed by atoms with E-state index in [1.807, 2.05) is 43.3 Å². The number of benzene rings is 1. The Morgan fingerprint density at radius 2 is 1.86 bits per heavy atom. The summed E-state index contributed by atoms with van der Waals surface area (Å²) >= 11 is 5.98. The highest BCUT2D eigenvalue weighted by Gasteiger charge is 2.27. The summed E-state index contributed by atoms with van der Waals surface area (Å²) in [7, 11) is 1.61. The van der Waals surface area contributed by atoms with Crippen LogP contribution in [-0.2, 0) is 0 Å². The minimum atomic E-state index is -0.115. The molecule has 0 saturated carbocycles. The highest BCUT2D eigenvalue weighted by molar-refractivity contribution is 6.29. The van der Waals surface area contributed by atoms with Crippen molar-refractivity contribution in [2.75, 3.05) is 38.2 Å². The third kappa shape index (κ3) is 3.88. The largest absolute Gasteiger partial charge is 0.497 e. The molecule has 1 aromatic carbocycles. The summed E-state index contributed by atoms with van der Waals surface area (Å²) in [5.41, 5.74) is 1.86. The monoisotopic (exact) mass is 412 g/mol. The molecule has 0 spiro atoms. The van der Waals surface area contributed by atoms with Gasteiger partial charge in [0.05, 0.1) is 18.5 Å². The van der Waals surface area contributed by atoms with E-state index < -0.39 is 0 Å². The van der Waals surface area contributed by atoms with Gasteiger partial charge in [0.2, 0.25) is 0 Å². The van der Waals surface area contributed by atoms with E-state index in [9.17, 15) is 4.79 Å². The summed E-state index contributed by atoms with van der Waals surface area (Å²) in [6, 6.07) is 13.0. The van der Waals surface area contributed by atoms with Crippen molar-refractivity contribution in [2.24, 2.45) is 0 Å². The Morgan fingerprint density at radius 3 is 2.59 bits per heavy atom. The molecule has 29 heavy (non-hydrogen) atoms. The number of amides is 1. The molecule has 1 amide bonds. The van der Waals surface area contributed by atoms with Crippen LogP contribution in [0, 0.1) is 6.92 Å². The number of ether oxygens (including phenoxy) is 1. The van der Waals surface area contributed by atoms with Gasteiger partial charge >= 0.3 is 0 Å². The Labute approximate surface area is 173 Å². The number of carbonyl (C=O) groups is 1. The molecule has 1 saturated heterocycles. The average molecular weight is 413 g/mol. The lowest BCUT2D eigenvalue weighted by molar-refractivity contribution is 0.0739. The minimum Gasteiger partial charge on any atom is -0.497 e. The predicted octanol–water partition coefficient (Wildman–Crippen LogP) is 2.60. The molecule has 0 unspecified atom stereocenters. The molecule has 150 valence electrons. The van der Waals surface area contributed by atoms with Gasteiger partial charge in [-0.05, 0) is 31.2 Å². The molecule has 1 fully saturated rings. The van der Waals surface area contributed by atoms with Gasteiger partial charge in [-0.15, -0.1) is 5.10 Å². The Balaban J connectivity index is 1.47. The number of rotatable bonds is 4. The van der Waals surface area contributed by atoms with Crippen LogP contribution in [0.25, 0.3) is 5.69 Å². The lowest BCUT2D eigenvalue weighted by atomic mass is 10.2. The van der Waals surface area contributed by atoms with Crippen molar-refractivity contribution in [3.63, 3.8) is 0 Å². The fourth-order valence-electron chi connectivity index (χ4n) is 3.38. The topological polar surface area (TPSA) is 76.4 Å². The summed E-state index contributed by atoms with van der Waals surface area (Å²) in [5, 5.41) is 8.79. The van der Waals surface area contributed by atoms with Crippen molar-refractivity contribution >= 4 is 23.3 Å². The first-order valence-electron chi connectivity index (χ1n) is 9.30. The van der Waals surface area contributed by atoms with E-state index in [1.54, 1.807) is 22.8 Å². The van der Waals surface area contributed by atoms with Crippen molar-refractivity contribution in [3.05, 3.63) is 59.0 Å². The summed E-state index contributed by atoms with van der Waals surface area (Å²) in [5.74, 6) is 1.43. The Bertz CT molecular complexity index is 1030. The number of methoxy groups -OCH3 is 1. The van der Waals surface area contributed by atoms with Gasteiger partial charge in [-0.2, -0.15) is 0 Å². The van der Waals surface area contributed by atoms with E-state index in [0.29, 0.717) is 42.7 Å². The number of hydrogen-bond acceptors (Lipinski definition) is 6. The van der Waals surface area contributed by atoms with E-state index in [1.165, 1.54) is 0 Å². The smallest absolute Gasteiger partial charge is 0.276 e. The van der Waals surface area contributed by atoms with Crippen LogP contribution in [0.5, 0.6) is 5.75 Å². The molecule has 9 heteroatoms. The van der Waals surface area contributed by atoms with Crippen LogP contribution >= 0.6 is 11.6 Å². The molecular formula is C20H21ClN6O2. The van der Waals surface area contributed by atoms with Gasteiger partial charge in [-0.1, -0.05) is 28.9 Å². The molecule has 1 aliphatic rings. The third-order valence-corrected chi connectivity index (χ3v) is 5.20. The van der Waals surface area contributed by atoms with Crippen LogP contribution in [0.3, 0.4) is 0 Å². The lowest BCUT2D eigenvalue weighted by Gasteiger charge is -2.35. The van der Waals surface area contributed by atoms with Gasteiger partial charge in [0.1, 0.15) is 16.7 Å². The molecule has 2 aromatic heterocycles. The summed E-state index contributed by atoms with van der Waals surface area (Å²) in [4.78, 5) is 21.3. The van der Waals surface area contributed by atoms with Gasteiger partial charge in [0, 0.05) is 32.2 Å². The molecule has 8 nitrogen and oxygen atoms in total. The highest BCUT2D eigenvalue weighted by Crippen LogP contribution is 2.20. The number of anilines is 1. The Kier molecular flexibility index (Phi) is 5.35. The fraction of sp³-hybridized carbons (Fsp3) is 0.300. The molecule has 3 heterocycles. The quantitative estimate of drug-likeness (QED) is 0.613. The van der Waals surface area contributed by atoms with Crippen molar-refractivity contribution < 1.29 is 9.53 Å². The van der Waals surface area contributed by atoms with Crippen LogP contribution in [-0.4, -0.2) is 64.1 Å². The number of hydrogen-bond donors (Lipinski definition) is 0. The number of aromatic nitrogens is 4. The Hall–Kier alpha value is -3.13. The maximum atomic E-state index is 13.0. The predicted molar refractivity (Wildman–Crippen MR) is 110 cm³/mol. The zero-order valence-electron chi connectivity index (χ0n) is 16.2. The summed E-state index contributed by atoms with van der Waals surface area (Å²) < 4.78 is 6.92. The standard InChI is InChI=1S/C20H21ClN6O2/c1-14-19(23-24-27(14)15-5-3-6-16(13-15)29-2)20(28)26-11-9-25(10-12-26)18-8-4-7-17(21)22-18/h3-8,13H,9-12H2,1-2H3. The van der Waals surface area contributed by atoms with Crippen LogP contribution < -0.4 is 9.64 Å². The zero-order valence-corrected chi connectivity index (χ0v) is 17.0. The van der Waals surface area contributed by atoms with E-state index >= 15 is 0 Å². The van der Waals surface area contributed by atoms with Crippen molar-refractivity contribution in [2.45, 2.75) is 6.92 Å². The number of piperazine rings is 1. The van der Waals surface area contributed by atoms with Crippen LogP contribution in [0.15, 0.2) is 42.5 Å². The van der Waals surface area contributed by atoms with Crippen molar-refractivity contribution in [1.29, 1.82) is 0 Å². The van der Waals surface area contributed by atoms with Gasteiger partial charge in [0.25, 0.3) is 5.91 Å². The van der Waals surface area contributed by atoms with Gasteiger partial charge in [-0.3, -0.25) is 4.79 Å². The van der Waals surface area contributed by atoms with Crippen LogP contribution in [0.2, 0.25) is 5.15 Å². The Morgan fingerprint density at radius 1 is 1.10 bits per heavy atom. The maximum Gasteiger partial charge on any atom is 0.276 e. The van der Waals surface area contributed by atoms with Gasteiger partial charge in [-0.25, -0.2) is 9.67 Å². The highest BCUT2D eigenvalue weighted by atomic mass is 35.5. The van der Waals surface area contributed by atoms with Crippen molar-refractivity contribution in [1.82, 2.24) is 24.9 Å². The fourth-order valence-corrected chi connectivity index (χ4v) is 3.54. The van der Waals surface area contributed by atoms with Gasteiger partial charge < -0.3 is 14.5 Å². The number of carbonyl (C=O) groups excluding carboxylic acids is 1. The first-order chi connectivity index (χ1) is 14.1. The van der Waals surface area contributed by atoms with Crippen LogP contribution in [0.4, 0.5) is 5.82 Å². The molecule has 4 rings (SSSR count).